The molecule has 0 radical (unpaired) electrons. The maximum Gasteiger partial charge on any atom is 0.240 e. The Morgan fingerprint density at radius 2 is 2.12 bits per heavy atom. The van der Waals surface area contributed by atoms with Crippen molar-refractivity contribution in [2.75, 3.05) is 12.3 Å². The monoisotopic (exact) mass is 246 g/mol. The molecule has 0 heterocycles. The van der Waals surface area contributed by atoms with E-state index in [1.54, 1.807) is 0 Å². The number of nitrogens with one attached hydrogen (secondary N) is 1. The van der Waals surface area contributed by atoms with E-state index in [0.29, 0.717) is 19.4 Å². The van der Waals surface area contributed by atoms with Crippen molar-refractivity contribution in [3.05, 3.63) is 0 Å². The third kappa shape index (κ3) is 7.10. The smallest absolute Gasteiger partial charge is 0.240 e. The Kier molecular flexibility index (Phi) is 8.32. The number of rotatable bonds is 8. The minimum Gasteiger partial charge on any atom is -0.390 e. The predicted molar refractivity (Wildman–Crippen MR) is 66.4 cm³/mol. The van der Waals surface area contributed by atoms with Gasteiger partial charge in [0.2, 0.25) is 11.8 Å². The molecule has 92 valence electrons. The van der Waals surface area contributed by atoms with Gasteiger partial charge in [-0.1, -0.05) is 0 Å². The molecule has 0 bridgehead atoms. The molecule has 0 aromatic rings. The number of unbranched alkanes of at least 4 members (excludes halogenated alkanes) is 1. The van der Waals surface area contributed by atoms with Crippen molar-refractivity contribution in [3.63, 3.8) is 0 Å². The summed E-state index contributed by atoms with van der Waals surface area (Å²) in [6.07, 6.45) is 3.06. The van der Waals surface area contributed by atoms with E-state index < -0.39 is 11.9 Å². The van der Waals surface area contributed by atoms with Gasteiger partial charge in [-0.2, -0.15) is 12.6 Å². The number of hydrogen-bond donors (Lipinski definition) is 4. The molecular weight excluding hydrogens is 228 g/mol. The molecule has 6 nitrogen and oxygen atoms in total. The summed E-state index contributed by atoms with van der Waals surface area (Å²) in [5.74, 6) is -0.566. The molecule has 0 aliphatic carbocycles. The highest BCUT2D eigenvalue weighted by Gasteiger charge is 2.15. The first-order valence-electron chi connectivity index (χ1n) is 5.01. The number of carbonyl (C=O) groups is 2. The van der Waals surface area contributed by atoms with Gasteiger partial charge in [-0.15, -0.1) is 0 Å². The molecule has 16 heavy (non-hydrogen) atoms. The normalized spacial score (nSPS) is 12.6. The van der Waals surface area contributed by atoms with Crippen molar-refractivity contribution in [3.8, 4) is 0 Å². The predicted octanol–water partition coefficient (Wildman–Crippen LogP) is -0.956. The van der Waals surface area contributed by atoms with Crippen molar-refractivity contribution in [1.82, 2.24) is 5.32 Å². The number of carbonyl (C=O) groups excluding carboxylic acids is 2. The summed E-state index contributed by atoms with van der Waals surface area (Å²) in [7, 11) is 0. The number of nitrogens with zero attached hydrogens (tertiary/aromatic N) is 1. The zero-order valence-electron chi connectivity index (χ0n) is 9.06. The second-order valence-corrected chi connectivity index (χ2v) is 3.58. The van der Waals surface area contributed by atoms with Crippen LogP contribution in [0.4, 0.5) is 0 Å². The number of hydrogen-bond acceptors (Lipinski definition) is 4. The lowest BCUT2D eigenvalue weighted by Gasteiger charge is -2.12. The zero-order valence-corrected chi connectivity index (χ0v) is 9.95. The Labute approximate surface area is 100 Å². The Morgan fingerprint density at radius 1 is 1.44 bits per heavy atom. The van der Waals surface area contributed by atoms with Crippen LogP contribution in [0.1, 0.15) is 19.3 Å². The van der Waals surface area contributed by atoms with Crippen LogP contribution in [-0.2, 0) is 9.59 Å². The molecule has 0 aromatic carbocycles. The van der Waals surface area contributed by atoms with Crippen LogP contribution in [0.15, 0.2) is 4.99 Å². The molecule has 2 amide bonds. The summed E-state index contributed by atoms with van der Waals surface area (Å²) in [5.41, 5.74) is 10.1. The minimum absolute atomic E-state index is 0.199. The van der Waals surface area contributed by atoms with Crippen LogP contribution in [0.2, 0.25) is 0 Å². The largest absolute Gasteiger partial charge is 0.390 e. The van der Waals surface area contributed by atoms with Gasteiger partial charge in [-0.25, -0.2) is 0 Å². The summed E-state index contributed by atoms with van der Waals surface area (Å²) in [6.45, 7) is 0.607. The molecule has 0 rings (SSSR count). The lowest BCUT2D eigenvalue weighted by Crippen LogP contribution is -2.45. The Bertz CT molecular complexity index is 258. The third-order valence-corrected chi connectivity index (χ3v) is 2.27. The van der Waals surface area contributed by atoms with Gasteiger partial charge >= 0.3 is 0 Å². The van der Waals surface area contributed by atoms with Gasteiger partial charge in [0.25, 0.3) is 0 Å². The topological polar surface area (TPSA) is 111 Å². The maximum atomic E-state index is 11.3. The first kappa shape index (κ1) is 14.8. The molecule has 7 heteroatoms. The van der Waals surface area contributed by atoms with Crippen molar-refractivity contribution in [2.24, 2.45) is 16.5 Å². The van der Waals surface area contributed by atoms with Crippen LogP contribution in [0.5, 0.6) is 0 Å². The number of thiol groups is 1. The fourth-order valence-corrected chi connectivity index (χ4v) is 1.31. The first-order valence-corrected chi connectivity index (χ1v) is 5.64. The van der Waals surface area contributed by atoms with E-state index in [9.17, 15) is 9.59 Å². The number of nitrogens with two attached hydrogens (primary N) is 2. The molecule has 1 atom stereocenters. The minimum atomic E-state index is -0.696. The summed E-state index contributed by atoms with van der Waals surface area (Å²) >= 11 is 3.92. The SMILES string of the molecule is NC=NCCCCC(=O)N[C@H](CS)C(N)=O. The standard InChI is InChI=1S/C9H18N4O2S/c10-6-12-4-2-1-3-8(14)13-7(5-16)9(11)15/h6-7,16H,1-5H2,(H2,10,12)(H2,11,15)(H,13,14)/t7-/m1/s1. The average Bonchev–Trinajstić information content (AvgIpc) is 2.25. The fraction of sp³-hybridized carbons (Fsp3) is 0.667. The average molecular weight is 246 g/mol. The Morgan fingerprint density at radius 3 is 2.62 bits per heavy atom. The molecular formula is C9H18N4O2S. The molecule has 5 N–H and O–H groups in total. The quantitative estimate of drug-likeness (QED) is 0.192. The highest BCUT2D eigenvalue weighted by molar-refractivity contribution is 7.80. The molecule has 0 saturated carbocycles. The van der Waals surface area contributed by atoms with Crippen LogP contribution in [0, 0.1) is 0 Å². The van der Waals surface area contributed by atoms with Gasteiger partial charge in [-0.3, -0.25) is 14.6 Å². The van der Waals surface area contributed by atoms with Gasteiger partial charge in [0.05, 0.1) is 6.34 Å². The molecule has 0 aliphatic rings. The molecule has 0 aromatic heterocycles. The summed E-state index contributed by atoms with van der Waals surface area (Å²) in [6, 6.07) is -0.696. The summed E-state index contributed by atoms with van der Waals surface area (Å²) in [5, 5.41) is 2.50. The van der Waals surface area contributed by atoms with Crippen molar-refractivity contribution >= 4 is 30.8 Å². The van der Waals surface area contributed by atoms with E-state index in [1.165, 1.54) is 6.34 Å². The first-order chi connectivity index (χ1) is 7.61. The second kappa shape index (κ2) is 9.02. The molecule has 0 fully saturated rings. The lowest BCUT2D eigenvalue weighted by molar-refractivity contribution is -0.126. The molecule has 0 aliphatic heterocycles. The molecule has 0 spiro atoms. The number of aliphatic imine (C=N–C) groups is 1. The van der Waals surface area contributed by atoms with E-state index in [-0.39, 0.29) is 11.7 Å². The van der Waals surface area contributed by atoms with Gasteiger partial charge in [0, 0.05) is 18.7 Å². The molecule has 0 unspecified atom stereocenters. The van der Waals surface area contributed by atoms with E-state index in [0.717, 1.165) is 6.42 Å². The van der Waals surface area contributed by atoms with Crippen molar-refractivity contribution in [2.45, 2.75) is 25.3 Å². The maximum absolute atomic E-state index is 11.3. The summed E-state index contributed by atoms with van der Waals surface area (Å²) < 4.78 is 0. The van der Waals surface area contributed by atoms with Crippen molar-refractivity contribution in [1.29, 1.82) is 0 Å². The highest BCUT2D eigenvalue weighted by atomic mass is 32.1. The number of primary amides is 1. The van der Waals surface area contributed by atoms with Crippen LogP contribution < -0.4 is 16.8 Å². The van der Waals surface area contributed by atoms with Crippen LogP contribution in [0.25, 0.3) is 0 Å². The zero-order chi connectivity index (χ0) is 12.4. The Hall–Kier alpha value is -1.24. The third-order valence-electron chi connectivity index (χ3n) is 1.91. The molecule has 0 saturated heterocycles. The van der Waals surface area contributed by atoms with Crippen LogP contribution in [-0.4, -0.2) is 36.5 Å². The van der Waals surface area contributed by atoms with Crippen LogP contribution in [0.3, 0.4) is 0 Å². The van der Waals surface area contributed by atoms with Gasteiger partial charge in [0.15, 0.2) is 0 Å². The summed E-state index contributed by atoms with van der Waals surface area (Å²) in [4.78, 5) is 25.9. The Balaban J connectivity index is 3.68. The van der Waals surface area contributed by atoms with Crippen molar-refractivity contribution < 1.29 is 9.59 Å². The van der Waals surface area contributed by atoms with E-state index in [4.69, 9.17) is 11.5 Å². The second-order valence-electron chi connectivity index (χ2n) is 3.22. The van der Waals surface area contributed by atoms with Gasteiger partial charge in [-0.05, 0) is 12.8 Å². The van der Waals surface area contributed by atoms with Crippen LogP contribution >= 0.6 is 12.6 Å². The van der Waals surface area contributed by atoms with E-state index >= 15 is 0 Å². The van der Waals surface area contributed by atoms with Gasteiger partial charge in [0.1, 0.15) is 6.04 Å². The fourth-order valence-electron chi connectivity index (χ4n) is 1.04. The van der Waals surface area contributed by atoms with E-state index in [2.05, 4.69) is 22.9 Å². The van der Waals surface area contributed by atoms with Gasteiger partial charge < -0.3 is 16.8 Å². The van der Waals surface area contributed by atoms with E-state index in [1.807, 2.05) is 0 Å². The number of amides is 2. The highest BCUT2D eigenvalue weighted by Crippen LogP contribution is 1.97. The lowest BCUT2D eigenvalue weighted by atomic mass is 10.2.